The SMILES string of the molecule is Cn1cnnc1-c1cc(C#N)ccc1-c1cccc(C(=O)OC(C)(C)C)c1. The van der Waals surface area contributed by atoms with Crippen LogP contribution in [0.2, 0.25) is 0 Å². The molecule has 0 saturated carbocycles. The maximum Gasteiger partial charge on any atom is 0.338 e. The van der Waals surface area contributed by atoms with E-state index in [4.69, 9.17) is 4.74 Å². The first-order valence-corrected chi connectivity index (χ1v) is 8.51. The maximum atomic E-state index is 12.4. The number of esters is 1. The highest BCUT2D eigenvalue weighted by atomic mass is 16.6. The van der Waals surface area contributed by atoms with Crippen LogP contribution < -0.4 is 0 Å². The van der Waals surface area contributed by atoms with E-state index in [1.165, 1.54) is 0 Å². The average molecular weight is 360 g/mol. The van der Waals surface area contributed by atoms with Crippen LogP contribution in [0.4, 0.5) is 0 Å². The van der Waals surface area contributed by atoms with Crippen molar-refractivity contribution >= 4 is 5.97 Å². The van der Waals surface area contributed by atoms with Crippen molar-refractivity contribution in [3.63, 3.8) is 0 Å². The molecular formula is C21H20N4O2. The Kier molecular flexibility index (Phi) is 4.78. The Morgan fingerprint density at radius 2 is 1.93 bits per heavy atom. The van der Waals surface area contributed by atoms with E-state index in [1.807, 2.05) is 46.0 Å². The highest BCUT2D eigenvalue weighted by Crippen LogP contribution is 2.32. The monoisotopic (exact) mass is 360 g/mol. The highest BCUT2D eigenvalue weighted by Gasteiger charge is 2.19. The van der Waals surface area contributed by atoms with Gasteiger partial charge in [0, 0.05) is 12.6 Å². The number of aryl methyl sites for hydroxylation is 1. The van der Waals surface area contributed by atoms with Gasteiger partial charge in [-0.05, 0) is 56.2 Å². The Hall–Kier alpha value is -3.46. The fourth-order valence-electron chi connectivity index (χ4n) is 2.73. The smallest absolute Gasteiger partial charge is 0.338 e. The zero-order chi connectivity index (χ0) is 19.6. The standard InChI is InChI=1S/C21H20N4O2/c1-21(2,3)27-20(26)16-7-5-6-15(11-16)17-9-8-14(12-22)10-18(17)19-24-23-13-25(19)4/h5-11,13H,1-4H3. The summed E-state index contributed by atoms with van der Waals surface area (Å²) in [5.74, 6) is 0.267. The first-order chi connectivity index (χ1) is 12.8. The van der Waals surface area contributed by atoms with Gasteiger partial charge in [-0.3, -0.25) is 0 Å². The van der Waals surface area contributed by atoms with E-state index in [-0.39, 0.29) is 5.97 Å². The van der Waals surface area contributed by atoms with E-state index in [0.717, 1.165) is 16.7 Å². The van der Waals surface area contributed by atoms with Gasteiger partial charge in [-0.2, -0.15) is 5.26 Å². The van der Waals surface area contributed by atoms with E-state index in [1.54, 1.807) is 35.2 Å². The normalized spacial score (nSPS) is 11.1. The third kappa shape index (κ3) is 4.04. The predicted octanol–water partition coefficient (Wildman–Crippen LogP) is 3.98. The molecule has 1 heterocycles. The Morgan fingerprint density at radius 1 is 1.15 bits per heavy atom. The van der Waals surface area contributed by atoms with Crippen LogP contribution in [0.5, 0.6) is 0 Å². The molecular weight excluding hydrogens is 340 g/mol. The van der Waals surface area contributed by atoms with E-state index in [9.17, 15) is 10.1 Å². The van der Waals surface area contributed by atoms with Crippen LogP contribution in [0.15, 0.2) is 48.8 Å². The molecule has 0 saturated heterocycles. The Balaban J connectivity index is 2.10. The van der Waals surface area contributed by atoms with Gasteiger partial charge in [-0.15, -0.1) is 10.2 Å². The van der Waals surface area contributed by atoms with Crippen molar-refractivity contribution in [2.75, 3.05) is 0 Å². The van der Waals surface area contributed by atoms with Crippen LogP contribution in [-0.2, 0) is 11.8 Å². The second-order valence-corrected chi connectivity index (χ2v) is 7.22. The van der Waals surface area contributed by atoms with Crippen molar-refractivity contribution in [1.82, 2.24) is 14.8 Å². The van der Waals surface area contributed by atoms with Crippen LogP contribution >= 0.6 is 0 Å². The van der Waals surface area contributed by atoms with Gasteiger partial charge >= 0.3 is 5.97 Å². The number of rotatable bonds is 3. The molecule has 3 aromatic rings. The number of carbonyl (C=O) groups is 1. The zero-order valence-electron chi connectivity index (χ0n) is 15.7. The molecule has 2 aromatic carbocycles. The lowest BCUT2D eigenvalue weighted by molar-refractivity contribution is 0.00696. The molecule has 6 nitrogen and oxygen atoms in total. The van der Waals surface area contributed by atoms with E-state index >= 15 is 0 Å². The highest BCUT2D eigenvalue weighted by molar-refractivity contribution is 5.92. The quantitative estimate of drug-likeness (QED) is 0.660. The third-order valence-electron chi connectivity index (χ3n) is 3.91. The Labute approximate surface area is 158 Å². The Morgan fingerprint density at radius 3 is 2.56 bits per heavy atom. The molecule has 0 radical (unpaired) electrons. The van der Waals surface area contributed by atoms with Crippen LogP contribution in [-0.4, -0.2) is 26.3 Å². The number of ether oxygens (including phenoxy) is 1. The van der Waals surface area contributed by atoms with Crippen molar-refractivity contribution in [1.29, 1.82) is 5.26 Å². The molecule has 0 spiro atoms. The molecule has 0 N–H and O–H groups in total. The van der Waals surface area contributed by atoms with Crippen molar-refractivity contribution in [2.45, 2.75) is 26.4 Å². The van der Waals surface area contributed by atoms with Crippen LogP contribution in [0, 0.1) is 11.3 Å². The first kappa shape index (κ1) is 18.3. The second-order valence-electron chi connectivity index (χ2n) is 7.22. The van der Waals surface area contributed by atoms with Crippen molar-refractivity contribution < 1.29 is 9.53 Å². The lowest BCUT2D eigenvalue weighted by atomic mass is 9.96. The minimum atomic E-state index is -0.564. The molecule has 3 rings (SSSR count). The largest absolute Gasteiger partial charge is 0.456 e. The second kappa shape index (κ2) is 7.04. The third-order valence-corrected chi connectivity index (χ3v) is 3.91. The number of hydrogen-bond acceptors (Lipinski definition) is 5. The molecule has 0 aliphatic heterocycles. The first-order valence-electron chi connectivity index (χ1n) is 8.51. The molecule has 0 aliphatic carbocycles. The van der Waals surface area contributed by atoms with Gasteiger partial charge in [0.1, 0.15) is 11.9 Å². The topological polar surface area (TPSA) is 80.8 Å². The summed E-state index contributed by atoms with van der Waals surface area (Å²) in [6, 6.07) is 14.8. The summed E-state index contributed by atoms with van der Waals surface area (Å²) in [6.07, 6.45) is 1.61. The average Bonchev–Trinajstić information content (AvgIpc) is 3.05. The maximum absolute atomic E-state index is 12.4. The molecule has 136 valence electrons. The van der Waals surface area contributed by atoms with E-state index < -0.39 is 5.60 Å². The number of benzene rings is 2. The minimum Gasteiger partial charge on any atom is -0.456 e. The number of carbonyl (C=O) groups excluding carboxylic acids is 1. The zero-order valence-corrected chi connectivity index (χ0v) is 15.7. The predicted molar refractivity (Wildman–Crippen MR) is 102 cm³/mol. The number of nitriles is 1. The van der Waals surface area contributed by atoms with Crippen LogP contribution in [0.1, 0.15) is 36.7 Å². The van der Waals surface area contributed by atoms with Gasteiger partial charge in [0.25, 0.3) is 0 Å². The van der Waals surface area contributed by atoms with Crippen molar-refractivity contribution in [2.24, 2.45) is 7.05 Å². The fourth-order valence-corrected chi connectivity index (χ4v) is 2.73. The summed E-state index contributed by atoms with van der Waals surface area (Å²) >= 11 is 0. The summed E-state index contributed by atoms with van der Waals surface area (Å²) in [6.45, 7) is 5.50. The molecule has 0 atom stereocenters. The lowest BCUT2D eigenvalue weighted by Crippen LogP contribution is -2.23. The number of aromatic nitrogens is 3. The molecule has 6 heteroatoms. The summed E-state index contributed by atoms with van der Waals surface area (Å²) in [4.78, 5) is 12.4. The van der Waals surface area contributed by atoms with E-state index in [0.29, 0.717) is 17.0 Å². The van der Waals surface area contributed by atoms with Crippen LogP contribution in [0.3, 0.4) is 0 Å². The molecule has 0 unspecified atom stereocenters. The summed E-state index contributed by atoms with van der Waals surface area (Å²) in [5, 5.41) is 17.4. The summed E-state index contributed by atoms with van der Waals surface area (Å²) < 4.78 is 7.25. The summed E-state index contributed by atoms with van der Waals surface area (Å²) in [5.41, 5.74) is 2.90. The fraction of sp³-hybridized carbons (Fsp3) is 0.238. The molecule has 1 aromatic heterocycles. The minimum absolute atomic E-state index is 0.377. The van der Waals surface area contributed by atoms with Gasteiger partial charge in [-0.25, -0.2) is 4.79 Å². The molecule has 27 heavy (non-hydrogen) atoms. The van der Waals surface area contributed by atoms with Gasteiger partial charge in [0.05, 0.1) is 17.2 Å². The molecule has 0 amide bonds. The number of nitrogens with zero attached hydrogens (tertiary/aromatic N) is 4. The number of hydrogen-bond donors (Lipinski definition) is 0. The van der Waals surface area contributed by atoms with Crippen LogP contribution in [0.25, 0.3) is 22.5 Å². The van der Waals surface area contributed by atoms with Crippen molar-refractivity contribution in [3.8, 4) is 28.6 Å². The molecule has 0 fully saturated rings. The van der Waals surface area contributed by atoms with Gasteiger partial charge in [0.15, 0.2) is 5.82 Å². The summed E-state index contributed by atoms with van der Waals surface area (Å²) in [7, 11) is 1.84. The van der Waals surface area contributed by atoms with Crippen molar-refractivity contribution in [3.05, 3.63) is 59.9 Å². The van der Waals surface area contributed by atoms with Gasteiger partial charge < -0.3 is 9.30 Å². The Bertz CT molecular complexity index is 1040. The molecule has 0 bridgehead atoms. The van der Waals surface area contributed by atoms with Gasteiger partial charge in [-0.1, -0.05) is 18.2 Å². The molecule has 0 aliphatic rings. The van der Waals surface area contributed by atoms with Gasteiger partial charge in [0.2, 0.25) is 0 Å². The van der Waals surface area contributed by atoms with E-state index in [2.05, 4.69) is 16.3 Å². The lowest BCUT2D eigenvalue weighted by Gasteiger charge is -2.19.